The molecule has 0 saturated heterocycles. The lowest BCUT2D eigenvalue weighted by molar-refractivity contribution is 0.413. The van der Waals surface area contributed by atoms with E-state index in [4.69, 9.17) is 4.74 Å². The quantitative estimate of drug-likeness (QED) is 0.686. The van der Waals surface area contributed by atoms with Gasteiger partial charge in [0.1, 0.15) is 11.6 Å². The molecule has 1 heterocycles. The smallest absolute Gasteiger partial charge is 0.136 e. The van der Waals surface area contributed by atoms with Crippen LogP contribution in [0.5, 0.6) is 5.75 Å². The van der Waals surface area contributed by atoms with Gasteiger partial charge in [0.05, 0.1) is 24.1 Å². The van der Waals surface area contributed by atoms with E-state index in [1.807, 2.05) is 36.4 Å². The van der Waals surface area contributed by atoms with E-state index in [0.717, 1.165) is 15.7 Å². The Morgan fingerprint density at radius 3 is 2.65 bits per heavy atom. The van der Waals surface area contributed by atoms with Gasteiger partial charge >= 0.3 is 0 Å². The third-order valence-electron chi connectivity index (χ3n) is 3.37. The number of nitrogens with one attached hydrogen (secondary N) is 1. The molecule has 0 aliphatic rings. The molecule has 2 aromatic carbocycles. The molecule has 3 aromatic rings. The molecule has 0 bridgehead atoms. The first kappa shape index (κ1) is 15.5. The van der Waals surface area contributed by atoms with Gasteiger partial charge in [-0.1, -0.05) is 40.2 Å². The fourth-order valence-electron chi connectivity index (χ4n) is 2.23. The molecular formula is C18H14BrFN2O. The zero-order chi connectivity index (χ0) is 16.2. The number of halogens is 2. The Morgan fingerprint density at radius 1 is 1.13 bits per heavy atom. The number of aromatic amines is 1. The van der Waals surface area contributed by atoms with Crippen molar-refractivity contribution in [3.05, 3.63) is 70.1 Å². The Labute approximate surface area is 141 Å². The van der Waals surface area contributed by atoms with Gasteiger partial charge in [-0.15, -0.1) is 0 Å². The number of rotatable bonds is 4. The molecule has 0 unspecified atom stereocenters. The fraction of sp³-hybridized carbons (Fsp3) is 0.0556. The highest BCUT2D eigenvalue weighted by atomic mass is 79.9. The van der Waals surface area contributed by atoms with Crippen molar-refractivity contribution in [2.45, 2.75) is 0 Å². The number of hydrogen-bond acceptors (Lipinski definition) is 2. The molecule has 1 N–H and O–H groups in total. The molecule has 0 fully saturated rings. The second kappa shape index (κ2) is 6.79. The number of benzene rings is 2. The summed E-state index contributed by atoms with van der Waals surface area (Å²) < 4.78 is 20.3. The molecule has 0 aliphatic heterocycles. The second-order valence-corrected chi connectivity index (χ2v) is 5.83. The molecule has 23 heavy (non-hydrogen) atoms. The first-order chi connectivity index (χ1) is 11.2. The topological polar surface area (TPSA) is 37.9 Å². The van der Waals surface area contributed by atoms with Crippen molar-refractivity contribution in [3.63, 3.8) is 0 Å². The predicted molar refractivity (Wildman–Crippen MR) is 93.6 cm³/mol. The van der Waals surface area contributed by atoms with E-state index < -0.39 is 0 Å². The van der Waals surface area contributed by atoms with Crippen LogP contribution in [-0.4, -0.2) is 17.3 Å². The minimum absolute atomic E-state index is 0.356. The SMILES string of the molecule is COc1cccc(F)c1-c1cc(C=Cc2ccc(Br)cc2)[nH]n1. The van der Waals surface area contributed by atoms with Crippen LogP contribution in [0, 0.1) is 5.82 Å². The predicted octanol–water partition coefficient (Wildman–Crippen LogP) is 5.16. The summed E-state index contributed by atoms with van der Waals surface area (Å²) >= 11 is 3.40. The summed E-state index contributed by atoms with van der Waals surface area (Å²) in [6, 6.07) is 14.4. The van der Waals surface area contributed by atoms with Gasteiger partial charge in [-0.3, -0.25) is 5.10 Å². The van der Waals surface area contributed by atoms with Crippen LogP contribution in [0.2, 0.25) is 0 Å². The Bertz CT molecular complexity index is 840. The summed E-state index contributed by atoms with van der Waals surface area (Å²) in [5.41, 5.74) is 2.71. The number of methoxy groups -OCH3 is 1. The minimum Gasteiger partial charge on any atom is -0.496 e. The largest absolute Gasteiger partial charge is 0.496 e. The number of H-pyrrole nitrogens is 1. The van der Waals surface area contributed by atoms with Crippen LogP contribution >= 0.6 is 15.9 Å². The molecule has 0 radical (unpaired) electrons. The maximum absolute atomic E-state index is 14.1. The van der Waals surface area contributed by atoms with Gasteiger partial charge in [-0.25, -0.2) is 4.39 Å². The molecule has 5 heteroatoms. The standard InChI is InChI=1S/C18H14BrFN2O/c1-23-17-4-2-3-15(20)18(17)16-11-14(21-22-16)10-7-12-5-8-13(19)9-6-12/h2-11H,1H3,(H,21,22). The van der Waals surface area contributed by atoms with E-state index in [2.05, 4.69) is 26.1 Å². The zero-order valence-corrected chi connectivity index (χ0v) is 14.0. The van der Waals surface area contributed by atoms with E-state index >= 15 is 0 Å². The second-order valence-electron chi connectivity index (χ2n) is 4.91. The van der Waals surface area contributed by atoms with Crippen LogP contribution in [0.1, 0.15) is 11.3 Å². The third kappa shape index (κ3) is 3.51. The van der Waals surface area contributed by atoms with Gasteiger partial charge in [0.15, 0.2) is 0 Å². The number of aromatic nitrogens is 2. The summed E-state index contributed by atoms with van der Waals surface area (Å²) in [5.74, 6) is 0.0965. The van der Waals surface area contributed by atoms with E-state index in [9.17, 15) is 4.39 Å². The van der Waals surface area contributed by atoms with E-state index in [1.54, 1.807) is 18.2 Å². The van der Waals surface area contributed by atoms with Gasteiger partial charge in [0.2, 0.25) is 0 Å². The first-order valence-corrected chi connectivity index (χ1v) is 7.78. The summed E-state index contributed by atoms with van der Waals surface area (Å²) in [4.78, 5) is 0. The van der Waals surface area contributed by atoms with Gasteiger partial charge < -0.3 is 4.74 Å². The molecule has 3 rings (SSSR count). The van der Waals surface area contributed by atoms with E-state index in [0.29, 0.717) is 17.0 Å². The van der Waals surface area contributed by atoms with Gasteiger partial charge in [-0.05, 0) is 42.0 Å². The molecule has 3 nitrogen and oxygen atoms in total. The maximum Gasteiger partial charge on any atom is 0.136 e. The zero-order valence-electron chi connectivity index (χ0n) is 12.4. The van der Waals surface area contributed by atoms with Crippen LogP contribution in [-0.2, 0) is 0 Å². The van der Waals surface area contributed by atoms with Crippen molar-refractivity contribution in [2.24, 2.45) is 0 Å². The van der Waals surface area contributed by atoms with Crippen molar-refractivity contribution >= 4 is 28.1 Å². The summed E-state index contributed by atoms with van der Waals surface area (Å²) in [6.07, 6.45) is 3.86. The van der Waals surface area contributed by atoms with Crippen molar-refractivity contribution < 1.29 is 9.13 Å². The highest BCUT2D eigenvalue weighted by Crippen LogP contribution is 2.31. The lowest BCUT2D eigenvalue weighted by Gasteiger charge is -2.06. The van der Waals surface area contributed by atoms with Crippen LogP contribution in [0.15, 0.2) is 53.0 Å². The van der Waals surface area contributed by atoms with Crippen molar-refractivity contribution in [1.82, 2.24) is 10.2 Å². The van der Waals surface area contributed by atoms with Crippen LogP contribution in [0.25, 0.3) is 23.4 Å². The summed E-state index contributed by atoms with van der Waals surface area (Å²) in [6.45, 7) is 0. The normalized spacial score (nSPS) is 11.1. The Kier molecular flexibility index (Phi) is 4.57. The monoisotopic (exact) mass is 372 g/mol. The highest BCUT2D eigenvalue weighted by Gasteiger charge is 2.14. The molecule has 0 atom stereocenters. The molecule has 0 aliphatic carbocycles. The fourth-order valence-corrected chi connectivity index (χ4v) is 2.50. The number of hydrogen-bond donors (Lipinski definition) is 1. The molecule has 0 saturated carbocycles. The van der Waals surface area contributed by atoms with E-state index in [-0.39, 0.29) is 5.82 Å². The van der Waals surface area contributed by atoms with Crippen LogP contribution in [0.3, 0.4) is 0 Å². The average Bonchev–Trinajstić information content (AvgIpc) is 3.02. The van der Waals surface area contributed by atoms with Gasteiger partial charge in [0.25, 0.3) is 0 Å². The van der Waals surface area contributed by atoms with Crippen LogP contribution in [0.4, 0.5) is 4.39 Å². The van der Waals surface area contributed by atoms with Crippen molar-refractivity contribution in [2.75, 3.05) is 7.11 Å². The number of nitrogens with zero attached hydrogens (tertiary/aromatic N) is 1. The maximum atomic E-state index is 14.1. The summed E-state index contributed by atoms with van der Waals surface area (Å²) in [7, 11) is 1.51. The summed E-state index contributed by atoms with van der Waals surface area (Å²) in [5, 5.41) is 7.07. The Morgan fingerprint density at radius 2 is 1.91 bits per heavy atom. The van der Waals surface area contributed by atoms with Gasteiger partial charge in [-0.2, -0.15) is 5.10 Å². The average molecular weight is 373 g/mol. The van der Waals surface area contributed by atoms with Crippen molar-refractivity contribution in [1.29, 1.82) is 0 Å². The molecule has 0 amide bonds. The molecule has 116 valence electrons. The Hall–Kier alpha value is -2.40. The lowest BCUT2D eigenvalue weighted by Crippen LogP contribution is -1.91. The highest BCUT2D eigenvalue weighted by molar-refractivity contribution is 9.10. The molecule has 1 aromatic heterocycles. The van der Waals surface area contributed by atoms with Gasteiger partial charge in [0, 0.05) is 4.47 Å². The molecular weight excluding hydrogens is 359 g/mol. The Balaban J connectivity index is 1.88. The van der Waals surface area contributed by atoms with Crippen molar-refractivity contribution in [3.8, 4) is 17.0 Å². The minimum atomic E-state index is -0.362. The lowest BCUT2D eigenvalue weighted by atomic mass is 10.1. The van der Waals surface area contributed by atoms with E-state index in [1.165, 1.54) is 13.2 Å². The van der Waals surface area contributed by atoms with Crippen LogP contribution < -0.4 is 4.74 Å². The number of ether oxygens (including phenoxy) is 1. The first-order valence-electron chi connectivity index (χ1n) is 6.99. The third-order valence-corrected chi connectivity index (χ3v) is 3.90. The molecule has 0 spiro atoms.